The molecule has 0 amide bonds. The second-order valence-corrected chi connectivity index (χ2v) is 5.91. The molecule has 0 aliphatic carbocycles. The lowest BCUT2D eigenvalue weighted by atomic mass is 10.1. The fourth-order valence-corrected chi connectivity index (χ4v) is 3.18. The van der Waals surface area contributed by atoms with E-state index >= 15 is 0 Å². The van der Waals surface area contributed by atoms with Gasteiger partial charge >= 0.3 is 0 Å². The van der Waals surface area contributed by atoms with Crippen molar-refractivity contribution < 1.29 is 9.47 Å². The van der Waals surface area contributed by atoms with E-state index in [1.165, 1.54) is 32.2 Å². The van der Waals surface area contributed by atoms with Gasteiger partial charge in [0.25, 0.3) is 0 Å². The predicted octanol–water partition coefficient (Wildman–Crippen LogP) is 2.43. The van der Waals surface area contributed by atoms with Gasteiger partial charge in [-0.3, -0.25) is 4.90 Å². The average molecular weight is 306 g/mol. The van der Waals surface area contributed by atoms with Gasteiger partial charge in [0.1, 0.15) is 0 Å². The van der Waals surface area contributed by atoms with E-state index in [2.05, 4.69) is 27.8 Å². The van der Waals surface area contributed by atoms with Gasteiger partial charge in [-0.25, -0.2) is 0 Å². The number of alkyl halides is 1. The Kier molecular flexibility index (Phi) is 5.74. The van der Waals surface area contributed by atoms with Gasteiger partial charge in [-0.05, 0) is 39.2 Å². The van der Waals surface area contributed by atoms with Crippen molar-refractivity contribution in [2.24, 2.45) is 0 Å². The zero-order valence-corrected chi connectivity index (χ0v) is 12.3. The molecule has 2 saturated heterocycles. The van der Waals surface area contributed by atoms with Gasteiger partial charge in [0.05, 0.1) is 18.3 Å². The minimum absolute atomic E-state index is 0.362. The molecule has 0 aromatic rings. The number of halogens is 1. The van der Waals surface area contributed by atoms with Crippen molar-refractivity contribution in [1.29, 1.82) is 0 Å². The highest BCUT2D eigenvalue weighted by Gasteiger charge is 2.24. The highest BCUT2D eigenvalue weighted by atomic mass is 79.9. The Morgan fingerprint density at radius 1 is 1.29 bits per heavy atom. The third-order valence-corrected chi connectivity index (χ3v) is 4.32. The first-order valence-electron chi connectivity index (χ1n) is 6.83. The van der Waals surface area contributed by atoms with Crippen molar-refractivity contribution in [3.8, 4) is 0 Å². The van der Waals surface area contributed by atoms with Crippen LogP contribution in [0.3, 0.4) is 0 Å². The summed E-state index contributed by atoms with van der Waals surface area (Å²) in [5.41, 5.74) is 0. The molecule has 100 valence electrons. The number of ether oxygens (including phenoxy) is 2. The standard InChI is InChI=1S/C13H24BrNO2/c1-11-9-15(10-13(8-14)17-11)6-2-4-12-5-3-7-16-12/h11-13H,2-10H2,1H3. The molecule has 2 aliphatic heterocycles. The molecular formula is C13H24BrNO2. The monoisotopic (exact) mass is 305 g/mol. The molecule has 0 N–H and O–H groups in total. The Balaban J connectivity index is 1.63. The summed E-state index contributed by atoms with van der Waals surface area (Å²) < 4.78 is 11.5. The number of hydrogen-bond acceptors (Lipinski definition) is 3. The molecule has 3 atom stereocenters. The maximum atomic E-state index is 5.83. The Labute approximate surface area is 113 Å². The summed E-state index contributed by atoms with van der Waals surface area (Å²) in [7, 11) is 0. The van der Waals surface area contributed by atoms with Gasteiger partial charge in [0.2, 0.25) is 0 Å². The summed E-state index contributed by atoms with van der Waals surface area (Å²) in [6.45, 7) is 6.49. The van der Waals surface area contributed by atoms with Gasteiger partial charge in [-0.2, -0.15) is 0 Å². The lowest BCUT2D eigenvalue weighted by Gasteiger charge is -2.36. The van der Waals surface area contributed by atoms with Crippen molar-refractivity contribution >= 4 is 15.9 Å². The minimum atomic E-state index is 0.362. The van der Waals surface area contributed by atoms with E-state index in [4.69, 9.17) is 9.47 Å². The molecule has 2 rings (SSSR count). The highest BCUT2D eigenvalue weighted by molar-refractivity contribution is 9.09. The first kappa shape index (κ1) is 13.8. The minimum Gasteiger partial charge on any atom is -0.378 e. The molecule has 0 aromatic heterocycles. The summed E-state index contributed by atoms with van der Waals surface area (Å²) in [5.74, 6) is 0. The Bertz CT molecular complexity index is 221. The second kappa shape index (κ2) is 7.07. The van der Waals surface area contributed by atoms with Crippen LogP contribution < -0.4 is 0 Å². The SMILES string of the molecule is CC1CN(CCCC2CCCO2)CC(CBr)O1. The van der Waals surface area contributed by atoms with Crippen molar-refractivity contribution in [2.75, 3.05) is 31.6 Å². The van der Waals surface area contributed by atoms with Crippen LogP contribution in [0.15, 0.2) is 0 Å². The van der Waals surface area contributed by atoms with Crippen LogP contribution in [0.2, 0.25) is 0 Å². The van der Waals surface area contributed by atoms with Crippen LogP contribution in [-0.2, 0) is 9.47 Å². The van der Waals surface area contributed by atoms with E-state index in [0.29, 0.717) is 18.3 Å². The molecule has 0 saturated carbocycles. The normalized spacial score (nSPS) is 35.3. The van der Waals surface area contributed by atoms with Gasteiger partial charge in [-0.15, -0.1) is 0 Å². The number of nitrogens with zero attached hydrogens (tertiary/aromatic N) is 1. The van der Waals surface area contributed by atoms with Crippen LogP contribution in [0.1, 0.15) is 32.6 Å². The molecule has 0 radical (unpaired) electrons. The average Bonchev–Trinajstić information content (AvgIpc) is 2.81. The van der Waals surface area contributed by atoms with E-state index in [9.17, 15) is 0 Å². The zero-order valence-electron chi connectivity index (χ0n) is 10.7. The van der Waals surface area contributed by atoms with Crippen LogP contribution in [0.25, 0.3) is 0 Å². The number of rotatable bonds is 5. The van der Waals surface area contributed by atoms with E-state index in [1.807, 2.05) is 0 Å². The van der Waals surface area contributed by atoms with Crippen LogP contribution in [-0.4, -0.2) is 54.8 Å². The fourth-order valence-electron chi connectivity index (χ4n) is 2.82. The Morgan fingerprint density at radius 3 is 2.88 bits per heavy atom. The van der Waals surface area contributed by atoms with Crippen LogP contribution in [0, 0.1) is 0 Å². The smallest absolute Gasteiger partial charge is 0.0802 e. The molecule has 2 aliphatic rings. The van der Waals surface area contributed by atoms with Crippen molar-refractivity contribution in [1.82, 2.24) is 4.90 Å². The molecular weight excluding hydrogens is 282 g/mol. The first-order valence-corrected chi connectivity index (χ1v) is 7.95. The van der Waals surface area contributed by atoms with Gasteiger partial charge in [-0.1, -0.05) is 15.9 Å². The van der Waals surface area contributed by atoms with E-state index in [0.717, 1.165) is 25.0 Å². The Hall–Kier alpha value is 0.360. The molecule has 2 heterocycles. The summed E-state index contributed by atoms with van der Waals surface area (Å²) in [5, 5.41) is 0.944. The third-order valence-electron chi connectivity index (χ3n) is 3.60. The zero-order chi connectivity index (χ0) is 12.1. The van der Waals surface area contributed by atoms with E-state index < -0.39 is 0 Å². The van der Waals surface area contributed by atoms with Crippen molar-refractivity contribution in [3.63, 3.8) is 0 Å². The van der Waals surface area contributed by atoms with E-state index in [-0.39, 0.29) is 0 Å². The number of morpholine rings is 1. The molecule has 2 fully saturated rings. The molecule has 0 spiro atoms. The van der Waals surface area contributed by atoms with Crippen LogP contribution in [0.5, 0.6) is 0 Å². The molecule has 17 heavy (non-hydrogen) atoms. The summed E-state index contributed by atoms with van der Waals surface area (Å²) in [4.78, 5) is 2.54. The summed E-state index contributed by atoms with van der Waals surface area (Å²) in [6, 6.07) is 0. The highest BCUT2D eigenvalue weighted by Crippen LogP contribution is 2.18. The van der Waals surface area contributed by atoms with Gasteiger partial charge in [0.15, 0.2) is 0 Å². The third kappa shape index (κ3) is 4.51. The van der Waals surface area contributed by atoms with E-state index in [1.54, 1.807) is 0 Å². The summed E-state index contributed by atoms with van der Waals surface area (Å²) in [6.07, 6.45) is 6.28. The summed E-state index contributed by atoms with van der Waals surface area (Å²) >= 11 is 3.52. The van der Waals surface area contributed by atoms with Gasteiger partial charge in [0, 0.05) is 25.0 Å². The maximum Gasteiger partial charge on any atom is 0.0802 e. The number of hydrogen-bond donors (Lipinski definition) is 0. The molecule has 3 nitrogen and oxygen atoms in total. The quantitative estimate of drug-likeness (QED) is 0.728. The van der Waals surface area contributed by atoms with Gasteiger partial charge < -0.3 is 9.47 Å². The molecule has 0 bridgehead atoms. The first-order chi connectivity index (χ1) is 8.28. The lowest BCUT2D eigenvalue weighted by molar-refractivity contribution is -0.0660. The second-order valence-electron chi connectivity index (χ2n) is 5.26. The van der Waals surface area contributed by atoms with Crippen LogP contribution in [0.4, 0.5) is 0 Å². The fraction of sp³-hybridized carbons (Fsp3) is 1.00. The van der Waals surface area contributed by atoms with Crippen molar-refractivity contribution in [3.05, 3.63) is 0 Å². The largest absolute Gasteiger partial charge is 0.378 e. The Morgan fingerprint density at radius 2 is 2.18 bits per heavy atom. The molecule has 4 heteroatoms. The lowest BCUT2D eigenvalue weighted by Crippen LogP contribution is -2.47. The molecule has 3 unspecified atom stereocenters. The van der Waals surface area contributed by atoms with Crippen LogP contribution >= 0.6 is 15.9 Å². The predicted molar refractivity (Wildman–Crippen MR) is 72.8 cm³/mol. The maximum absolute atomic E-state index is 5.83. The topological polar surface area (TPSA) is 21.7 Å². The van der Waals surface area contributed by atoms with Crippen molar-refractivity contribution in [2.45, 2.75) is 50.9 Å². The molecule has 0 aromatic carbocycles.